The van der Waals surface area contributed by atoms with Gasteiger partial charge in [-0.15, -0.1) is 0 Å². The highest BCUT2D eigenvalue weighted by Gasteiger charge is 2.27. The number of sulfonamides is 1. The quantitative estimate of drug-likeness (QED) is 0.655. The SMILES string of the molecule is CC(=O)Nc1cccc(C(=O)Nc2cc(S(=O)(=O)N3CCOCC3)ccc2OC(C)C)c1. The molecule has 2 N–H and O–H groups in total. The smallest absolute Gasteiger partial charge is 0.255 e. The first-order chi connectivity index (χ1) is 15.2. The predicted octanol–water partition coefficient (Wildman–Crippen LogP) is 2.71. The van der Waals surface area contributed by atoms with Crippen LogP contribution in [0.25, 0.3) is 0 Å². The van der Waals surface area contributed by atoms with Crippen molar-refractivity contribution in [3.05, 3.63) is 48.0 Å². The highest BCUT2D eigenvalue weighted by atomic mass is 32.2. The van der Waals surface area contributed by atoms with Gasteiger partial charge < -0.3 is 20.1 Å². The van der Waals surface area contributed by atoms with Gasteiger partial charge in [0.15, 0.2) is 0 Å². The van der Waals surface area contributed by atoms with E-state index in [9.17, 15) is 18.0 Å². The molecule has 2 amide bonds. The molecular weight excluding hydrogens is 434 g/mol. The van der Waals surface area contributed by atoms with E-state index in [2.05, 4.69) is 10.6 Å². The van der Waals surface area contributed by atoms with Gasteiger partial charge in [0.1, 0.15) is 5.75 Å². The van der Waals surface area contributed by atoms with Crippen LogP contribution in [0.3, 0.4) is 0 Å². The van der Waals surface area contributed by atoms with Crippen molar-refractivity contribution in [1.29, 1.82) is 0 Å². The number of hydrogen-bond acceptors (Lipinski definition) is 6. The number of amides is 2. The molecule has 0 unspecified atom stereocenters. The summed E-state index contributed by atoms with van der Waals surface area (Å²) in [6.45, 7) is 6.25. The Hall–Kier alpha value is -2.95. The number of anilines is 2. The highest BCUT2D eigenvalue weighted by molar-refractivity contribution is 7.89. The molecule has 1 fully saturated rings. The third-order valence-corrected chi connectivity index (χ3v) is 6.51. The van der Waals surface area contributed by atoms with Crippen molar-refractivity contribution in [2.75, 3.05) is 36.9 Å². The maximum atomic E-state index is 13.1. The molecule has 1 aliphatic rings. The zero-order valence-electron chi connectivity index (χ0n) is 18.3. The number of rotatable bonds is 7. The fourth-order valence-electron chi connectivity index (χ4n) is 3.20. The zero-order valence-corrected chi connectivity index (χ0v) is 19.1. The van der Waals surface area contributed by atoms with Crippen LogP contribution in [-0.2, 0) is 19.6 Å². The van der Waals surface area contributed by atoms with E-state index in [0.717, 1.165) is 0 Å². The predicted molar refractivity (Wildman–Crippen MR) is 120 cm³/mol. The van der Waals surface area contributed by atoms with Crippen LogP contribution < -0.4 is 15.4 Å². The van der Waals surface area contributed by atoms with Crippen LogP contribution in [0.4, 0.5) is 11.4 Å². The summed E-state index contributed by atoms with van der Waals surface area (Å²) in [5, 5.41) is 5.37. The largest absolute Gasteiger partial charge is 0.489 e. The summed E-state index contributed by atoms with van der Waals surface area (Å²) in [6.07, 6.45) is -0.185. The number of benzene rings is 2. The fraction of sp³-hybridized carbons (Fsp3) is 0.364. The van der Waals surface area contributed by atoms with Gasteiger partial charge in [0.25, 0.3) is 5.91 Å². The van der Waals surface area contributed by atoms with Crippen LogP contribution in [0.1, 0.15) is 31.1 Å². The first kappa shape index (κ1) is 23.7. The van der Waals surface area contributed by atoms with E-state index in [-0.39, 0.29) is 35.7 Å². The van der Waals surface area contributed by atoms with Crippen molar-refractivity contribution in [2.45, 2.75) is 31.8 Å². The Bertz CT molecular complexity index is 1090. The van der Waals surface area contributed by atoms with Gasteiger partial charge in [-0.25, -0.2) is 8.42 Å². The Morgan fingerprint density at radius 1 is 1.06 bits per heavy atom. The van der Waals surface area contributed by atoms with Crippen molar-refractivity contribution in [3.8, 4) is 5.75 Å². The van der Waals surface area contributed by atoms with Crippen molar-refractivity contribution in [1.82, 2.24) is 4.31 Å². The number of nitrogens with zero attached hydrogens (tertiary/aromatic N) is 1. The molecule has 10 heteroatoms. The summed E-state index contributed by atoms with van der Waals surface area (Å²) < 4.78 is 38.5. The molecule has 0 radical (unpaired) electrons. The maximum Gasteiger partial charge on any atom is 0.255 e. The Morgan fingerprint density at radius 2 is 1.78 bits per heavy atom. The lowest BCUT2D eigenvalue weighted by molar-refractivity contribution is -0.114. The summed E-state index contributed by atoms with van der Waals surface area (Å²) in [6, 6.07) is 10.8. The normalized spacial score (nSPS) is 14.8. The Labute approximate surface area is 187 Å². The Kier molecular flexibility index (Phi) is 7.49. The molecule has 0 saturated carbocycles. The highest BCUT2D eigenvalue weighted by Crippen LogP contribution is 2.31. The van der Waals surface area contributed by atoms with E-state index >= 15 is 0 Å². The van der Waals surface area contributed by atoms with Crippen molar-refractivity contribution in [2.24, 2.45) is 0 Å². The minimum absolute atomic E-state index is 0.0535. The topological polar surface area (TPSA) is 114 Å². The Balaban J connectivity index is 1.92. The summed E-state index contributed by atoms with van der Waals surface area (Å²) in [7, 11) is -3.75. The standard InChI is InChI=1S/C22H27N3O6S/c1-15(2)31-21-8-7-19(32(28,29)25-9-11-30-12-10-25)14-20(21)24-22(27)17-5-4-6-18(13-17)23-16(3)26/h4-8,13-15H,9-12H2,1-3H3,(H,23,26)(H,24,27). The van der Waals surface area contributed by atoms with E-state index in [1.165, 1.54) is 35.5 Å². The molecule has 0 aliphatic carbocycles. The average Bonchev–Trinajstić information content (AvgIpc) is 2.75. The van der Waals surface area contributed by atoms with E-state index in [1.807, 2.05) is 13.8 Å². The van der Waals surface area contributed by atoms with E-state index in [1.54, 1.807) is 18.2 Å². The van der Waals surface area contributed by atoms with Crippen LogP contribution in [-0.4, -0.2) is 56.9 Å². The molecule has 1 aliphatic heterocycles. The lowest BCUT2D eigenvalue weighted by Crippen LogP contribution is -2.40. The average molecular weight is 462 g/mol. The summed E-state index contributed by atoms with van der Waals surface area (Å²) >= 11 is 0. The van der Waals surface area contributed by atoms with Crippen molar-refractivity contribution < 1.29 is 27.5 Å². The first-order valence-electron chi connectivity index (χ1n) is 10.2. The lowest BCUT2D eigenvalue weighted by Gasteiger charge is -2.26. The van der Waals surface area contributed by atoms with Crippen LogP contribution in [0.2, 0.25) is 0 Å². The second kappa shape index (κ2) is 10.1. The summed E-state index contributed by atoms with van der Waals surface area (Å²) in [4.78, 5) is 24.2. The number of nitrogens with one attached hydrogen (secondary N) is 2. The third kappa shape index (κ3) is 5.84. The fourth-order valence-corrected chi connectivity index (χ4v) is 4.63. The molecule has 2 aromatic carbocycles. The molecule has 0 atom stereocenters. The third-order valence-electron chi connectivity index (χ3n) is 4.61. The molecule has 1 saturated heterocycles. The molecular formula is C22H27N3O6S. The van der Waals surface area contributed by atoms with E-state index in [4.69, 9.17) is 9.47 Å². The van der Waals surface area contributed by atoms with Crippen LogP contribution in [0.5, 0.6) is 5.75 Å². The number of ether oxygens (including phenoxy) is 2. The van der Waals surface area contributed by atoms with Crippen LogP contribution >= 0.6 is 0 Å². The molecule has 0 bridgehead atoms. The maximum absolute atomic E-state index is 13.1. The second-order valence-corrected chi connectivity index (χ2v) is 9.50. The zero-order chi connectivity index (χ0) is 23.3. The number of morpholine rings is 1. The van der Waals surface area contributed by atoms with Crippen LogP contribution in [0.15, 0.2) is 47.4 Å². The minimum Gasteiger partial charge on any atom is -0.489 e. The van der Waals surface area contributed by atoms with Crippen molar-refractivity contribution in [3.63, 3.8) is 0 Å². The van der Waals surface area contributed by atoms with Crippen LogP contribution in [0, 0.1) is 0 Å². The molecule has 32 heavy (non-hydrogen) atoms. The molecule has 9 nitrogen and oxygen atoms in total. The van der Waals surface area contributed by atoms with Gasteiger partial charge in [-0.2, -0.15) is 4.31 Å². The van der Waals surface area contributed by atoms with Gasteiger partial charge >= 0.3 is 0 Å². The number of carbonyl (C=O) groups excluding carboxylic acids is 2. The second-order valence-electron chi connectivity index (χ2n) is 7.56. The molecule has 1 heterocycles. The van der Waals surface area contributed by atoms with Crippen molar-refractivity contribution >= 4 is 33.2 Å². The van der Waals surface area contributed by atoms with Gasteiger partial charge in [0.2, 0.25) is 15.9 Å². The molecule has 0 aromatic heterocycles. The monoisotopic (exact) mass is 461 g/mol. The Morgan fingerprint density at radius 3 is 2.44 bits per heavy atom. The van der Waals surface area contributed by atoms with E-state index in [0.29, 0.717) is 30.2 Å². The summed E-state index contributed by atoms with van der Waals surface area (Å²) in [5.74, 6) is -0.366. The minimum atomic E-state index is -3.75. The molecule has 0 spiro atoms. The van der Waals surface area contributed by atoms with Gasteiger partial charge in [-0.1, -0.05) is 6.07 Å². The summed E-state index contributed by atoms with van der Waals surface area (Å²) in [5.41, 5.74) is 1.02. The number of hydrogen-bond donors (Lipinski definition) is 2. The van der Waals surface area contributed by atoms with Gasteiger partial charge in [-0.05, 0) is 50.2 Å². The van der Waals surface area contributed by atoms with Gasteiger partial charge in [0, 0.05) is 31.3 Å². The molecule has 3 rings (SSSR count). The number of carbonyl (C=O) groups is 2. The van der Waals surface area contributed by atoms with Gasteiger partial charge in [-0.3, -0.25) is 9.59 Å². The van der Waals surface area contributed by atoms with Gasteiger partial charge in [0.05, 0.1) is 29.9 Å². The molecule has 172 valence electrons. The first-order valence-corrected chi connectivity index (χ1v) is 11.7. The van der Waals surface area contributed by atoms with E-state index < -0.39 is 15.9 Å². The molecule has 2 aromatic rings. The lowest BCUT2D eigenvalue weighted by atomic mass is 10.1.